The lowest BCUT2D eigenvalue weighted by Gasteiger charge is -2.38. The number of rotatable bonds is 3. The van der Waals surface area contributed by atoms with Gasteiger partial charge in [-0.3, -0.25) is 15.1 Å². The molecule has 18 heavy (non-hydrogen) atoms. The van der Waals surface area contributed by atoms with Crippen LogP contribution in [-0.2, 0) is 6.54 Å². The molecular weight excluding hydrogens is 230 g/mol. The number of hydrazine groups is 1. The summed E-state index contributed by atoms with van der Waals surface area (Å²) >= 11 is 0. The minimum absolute atomic E-state index is 0.322. The van der Waals surface area contributed by atoms with Gasteiger partial charge in [-0.15, -0.1) is 0 Å². The van der Waals surface area contributed by atoms with Gasteiger partial charge >= 0.3 is 5.91 Å². The number of furan rings is 1. The van der Waals surface area contributed by atoms with E-state index in [9.17, 15) is 4.79 Å². The Balaban J connectivity index is 2.13. The molecule has 2 rings (SSSR count). The normalized spacial score (nSPS) is 25.1. The Bertz CT molecular complexity index is 406. The number of carbonyl (C=O) groups excluding carboxylic acids is 1. The Kier molecular flexibility index (Phi) is 4.04. The van der Waals surface area contributed by atoms with Crippen molar-refractivity contribution < 1.29 is 9.21 Å². The lowest BCUT2D eigenvalue weighted by molar-refractivity contribution is 0.0881. The molecule has 1 saturated heterocycles. The smallest absolute Gasteiger partial charge is 0.301 e. The van der Waals surface area contributed by atoms with Crippen molar-refractivity contribution in [2.45, 2.75) is 51.7 Å². The maximum absolute atomic E-state index is 11.6. The zero-order chi connectivity index (χ0) is 13.1. The van der Waals surface area contributed by atoms with Gasteiger partial charge in [0, 0.05) is 24.2 Å². The number of likely N-dealkylation sites (tertiary alicyclic amines) is 1. The van der Waals surface area contributed by atoms with E-state index in [0.29, 0.717) is 17.8 Å². The summed E-state index contributed by atoms with van der Waals surface area (Å²) in [7, 11) is 0. The van der Waals surface area contributed by atoms with Crippen LogP contribution in [0, 0.1) is 0 Å². The van der Waals surface area contributed by atoms with Gasteiger partial charge in [0.25, 0.3) is 0 Å². The molecule has 2 heterocycles. The number of amides is 1. The van der Waals surface area contributed by atoms with E-state index < -0.39 is 0 Å². The van der Waals surface area contributed by atoms with Crippen LogP contribution in [0.2, 0.25) is 0 Å². The first kappa shape index (κ1) is 13.1. The summed E-state index contributed by atoms with van der Waals surface area (Å²) < 4.78 is 5.21. The van der Waals surface area contributed by atoms with Gasteiger partial charge in [0.1, 0.15) is 0 Å². The highest BCUT2D eigenvalue weighted by atomic mass is 16.3. The zero-order valence-corrected chi connectivity index (χ0v) is 11.0. The molecule has 3 N–H and O–H groups in total. The molecule has 0 bridgehead atoms. The molecule has 0 saturated carbocycles. The number of nitrogens with one attached hydrogen (secondary N) is 1. The minimum atomic E-state index is -0.368. The molecule has 0 aromatic carbocycles. The summed E-state index contributed by atoms with van der Waals surface area (Å²) in [6, 6.07) is 2.92. The Labute approximate surface area is 107 Å². The van der Waals surface area contributed by atoms with Crippen molar-refractivity contribution in [3.05, 3.63) is 23.7 Å². The van der Waals surface area contributed by atoms with E-state index in [-0.39, 0.29) is 5.91 Å². The molecule has 2 atom stereocenters. The summed E-state index contributed by atoms with van der Waals surface area (Å²) in [6.07, 6.45) is 5.24. The summed E-state index contributed by atoms with van der Waals surface area (Å²) in [5.41, 5.74) is 3.02. The van der Waals surface area contributed by atoms with Crippen molar-refractivity contribution in [2.24, 2.45) is 5.84 Å². The molecule has 1 aliphatic rings. The Morgan fingerprint density at radius 1 is 1.50 bits per heavy atom. The summed E-state index contributed by atoms with van der Waals surface area (Å²) in [5, 5.41) is 0. The van der Waals surface area contributed by atoms with E-state index in [1.165, 1.54) is 19.3 Å². The minimum Gasteiger partial charge on any atom is -0.459 e. The fourth-order valence-electron chi connectivity index (χ4n) is 2.71. The predicted octanol–water partition coefficient (Wildman–Crippen LogP) is 1.65. The third kappa shape index (κ3) is 2.57. The van der Waals surface area contributed by atoms with Crippen molar-refractivity contribution in [2.75, 3.05) is 0 Å². The number of carbonyl (C=O) groups is 1. The van der Waals surface area contributed by atoms with E-state index in [1.54, 1.807) is 6.26 Å². The molecule has 5 nitrogen and oxygen atoms in total. The highest BCUT2D eigenvalue weighted by molar-refractivity contribution is 5.92. The van der Waals surface area contributed by atoms with Crippen LogP contribution in [0.25, 0.3) is 0 Å². The van der Waals surface area contributed by atoms with E-state index >= 15 is 0 Å². The second kappa shape index (κ2) is 5.54. The van der Waals surface area contributed by atoms with E-state index in [1.807, 2.05) is 6.07 Å². The van der Waals surface area contributed by atoms with Crippen molar-refractivity contribution in [1.82, 2.24) is 10.3 Å². The SMILES string of the molecule is C[C@@H]1CCC[C@H](C)N1Cc1ccoc1C(=O)NN. The topological polar surface area (TPSA) is 71.5 Å². The summed E-state index contributed by atoms with van der Waals surface area (Å²) in [4.78, 5) is 14.0. The Morgan fingerprint density at radius 2 is 2.17 bits per heavy atom. The van der Waals surface area contributed by atoms with Crippen LogP contribution in [0.4, 0.5) is 0 Å². The molecule has 1 aromatic rings. The average molecular weight is 251 g/mol. The van der Waals surface area contributed by atoms with Crippen LogP contribution >= 0.6 is 0 Å². The van der Waals surface area contributed by atoms with Crippen LogP contribution in [0.1, 0.15) is 49.2 Å². The fourth-order valence-corrected chi connectivity index (χ4v) is 2.71. The monoisotopic (exact) mass is 251 g/mol. The number of nitrogens with two attached hydrogens (primary N) is 1. The van der Waals surface area contributed by atoms with Crippen LogP contribution in [0.3, 0.4) is 0 Å². The first-order valence-electron chi connectivity index (χ1n) is 6.46. The quantitative estimate of drug-likeness (QED) is 0.487. The third-order valence-corrected chi connectivity index (χ3v) is 3.81. The first-order chi connectivity index (χ1) is 8.63. The molecule has 0 unspecified atom stereocenters. The maximum atomic E-state index is 11.6. The number of piperidine rings is 1. The van der Waals surface area contributed by atoms with E-state index in [4.69, 9.17) is 10.3 Å². The van der Waals surface area contributed by atoms with Crippen molar-refractivity contribution in [1.29, 1.82) is 0 Å². The zero-order valence-electron chi connectivity index (χ0n) is 11.0. The standard InChI is InChI=1S/C13H21N3O2/c1-9-4-3-5-10(2)16(9)8-11-6-7-18-12(11)13(17)15-14/h6-7,9-10H,3-5,8,14H2,1-2H3,(H,15,17)/t9-,10+. The molecule has 0 radical (unpaired) electrons. The van der Waals surface area contributed by atoms with Crippen LogP contribution in [0.15, 0.2) is 16.7 Å². The van der Waals surface area contributed by atoms with Gasteiger partial charge in [-0.25, -0.2) is 5.84 Å². The fraction of sp³-hybridized carbons (Fsp3) is 0.615. The molecule has 1 fully saturated rings. The lowest BCUT2D eigenvalue weighted by Crippen LogP contribution is -2.43. The first-order valence-corrected chi connectivity index (χ1v) is 6.46. The molecule has 0 aliphatic carbocycles. The van der Waals surface area contributed by atoms with Crippen LogP contribution in [0.5, 0.6) is 0 Å². The van der Waals surface area contributed by atoms with Crippen LogP contribution in [-0.4, -0.2) is 22.9 Å². The van der Waals surface area contributed by atoms with E-state index in [2.05, 4.69) is 24.2 Å². The number of hydrogen-bond donors (Lipinski definition) is 2. The lowest BCUT2D eigenvalue weighted by atomic mass is 9.97. The average Bonchev–Trinajstić information content (AvgIpc) is 2.81. The number of hydrogen-bond acceptors (Lipinski definition) is 4. The van der Waals surface area contributed by atoms with Gasteiger partial charge in [0.15, 0.2) is 5.76 Å². The highest BCUT2D eigenvalue weighted by Crippen LogP contribution is 2.25. The van der Waals surface area contributed by atoms with Gasteiger partial charge in [0.05, 0.1) is 6.26 Å². The highest BCUT2D eigenvalue weighted by Gasteiger charge is 2.26. The summed E-state index contributed by atoms with van der Waals surface area (Å²) in [6.45, 7) is 5.21. The second-order valence-electron chi connectivity index (χ2n) is 5.05. The second-order valence-corrected chi connectivity index (χ2v) is 5.05. The predicted molar refractivity (Wildman–Crippen MR) is 68.7 cm³/mol. The maximum Gasteiger partial charge on any atom is 0.301 e. The number of nitrogen functional groups attached to an aromatic ring is 1. The van der Waals surface area contributed by atoms with Crippen molar-refractivity contribution >= 4 is 5.91 Å². The van der Waals surface area contributed by atoms with Gasteiger partial charge in [-0.05, 0) is 32.8 Å². The van der Waals surface area contributed by atoms with Crippen molar-refractivity contribution in [3.63, 3.8) is 0 Å². The van der Waals surface area contributed by atoms with Gasteiger partial charge in [-0.1, -0.05) is 6.42 Å². The third-order valence-electron chi connectivity index (χ3n) is 3.81. The summed E-state index contributed by atoms with van der Waals surface area (Å²) in [5.74, 6) is 5.10. The van der Waals surface area contributed by atoms with Crippen LogP contribution < -0.4 is 11.3 Å². The molecule has 1 aliphatic heterocycles. The molecule has 100 valence electrons. The Hall–Kier alpha value is -1.33. The van der Waals surface area contributed by atoms with Gasteiger partial charge < -0.3 is 4.42 Å². The van der Waals surface area contributed by atoms with E-state index in [0.717, 1.165) is 12.1 Å². The molecule has 1 aromatic heterocycles. The van der Waals surface area contributed by atoms with Gasteiger partial charge in [0.2, 0.25) is 0 Å². The molecule has 5 heteroatoms. The molecule has 1 amide bonds. The van der Waals surface area contributed by atoms with Gasteiger partial charge in [-0.2, -0.15) is 0 Å². The van der Waals surface area contributed by atoms with Crippen molar-refractivity contribution in [3.8, 4) is 0 Å². The molecule has 0 spiro atoms. The Morgan fingerprint density at radius 3 is 2.78 bits per heavy atom. The number of nitrogens with zero attached hydrogens (tertiary/aromatic N) is 1. The molecular formula is C13H21N3O2. The largest absolute Gasteiger partial charge is 0.459 e.